The van der Waals surface area contributed by atoms with Gasteiger partial charge in [0.25, 0.3) is 0 Å². The Morgan fingerprint density at radius 1 is 1.44 bits per heavy atom. The van der Waals surface area contributed by atoms with Crippen molar-refractivity contribution in [3.8, 4) is 0 Å². The summed E-state index contributed by atoms with van der Waals surface area (Å²) in [6.07, 6.45) is 3.16. The highest BCUT2D eigenvalue weighted by molar-refractivity contribution is 5.82. The maximum Gasteiger partial charge on any atom is 0.137 e. The molecule has 0 aromatic heterocycles. The molecule has 1 aliphatic rings. The maximum absolute atomic E-state index is 12.0. The number of nitrogens with zero attached hydrogens (tertiary/aromatic N) is 1. The Balaban J connectivity index is 2.55. The molecule has 0 aromatic rings. The SMILES string of the molecule is CCC(C)N(C)CC1C(=O)CC(C)CC1C. The first kappa shape index (κ1) is 13.7. The fourth-order valence-corrected chi connectivity index (χ4v) is 2.78. The van der Waals surface area contributed by atoms with E-state index in [1.807, 2.05) is 0 Å². The predicted octanol–water partition coefficient (Wildman–Crippen LogP) is 2.97. The Kier molecular flexibility index (Phi) is 4.97. The molecule has 0 N–H and O–H groups in total. The zero-order valence-corrected chi connectivity index (χ0v) is 11.5. The molecule has 1 aliphatic carbocycles. The Morgan fingerprint density at radius 2 is 2.06 bits per heavy atom. The minimum absolute atomic E-state index is 0.273. The van der Waals surface area contributed by atoms with E-state index in [1.54, 1.807) is 0 Å². The molecule has 1 fully saturated rings. The summed E-state index contributed by atoms with van der Waals surface area (Å²) in [5.41, 5.74) is 0. The van der Waals surface area contributed by atoms with Crippen molar-refractivity contribution < 1.29 is 4.79 Å². The number of rotatable bonds is 4. The Bertz CT molecular complexity index is 239. The molecule has 4 unspecified atom stereocenters. The van der Waals surface area contributed by atoms with E-state index in [9.17, 15) is 4.79 Å². The average molecular weight is 225 g/mol. The third-order valence-electron chi connectivity index (χ3n) is 4.25. The summed E-state index contributed by atoms with van der Waals surface area (Å²) in [6, 6.07) is 0.583. The molecule has 0 radical (unpaired) electrons. The third kappa shape index (κ3) is 3.31. The van der Waals surface area contributed by atoms with Gasteiger partial charge < -0.3 is 4.90 Å². The van der Waals surface area contributed by atoms with Gasteiger partial charge in [-0.15, -0.1) is 0 Å². The summed E-state index contributed by atoms with van der Waals surface area (Å²) >= 11 is 0. The molecule has 1 rings (SSSR count). The molecular formula is C14H27NO. The summed E-state index contributed by atoms with van der Waals surface area (Å²) in [4.78, 5) is 14.4. The molecule has 0 aliphatic heterocycles. The zero-order chi connectivity index (χ0) is 12.3. The first-order chi connectivity index (χ1) is 7.45. The van der Waals surface area contributed by atoms with Gasteiger partial charge in [0.05, 0.1) is 0 Å². The molecule has 0 saturated heterocycles. The van der Waals surface area contributed by atoms with Gasteiger partial charge in [0.15, 0.2) is 0 Å². The number of carbonyl (C=O) groups excluding carboxylic acids is 1. The quantitative estimate of drug-likeness (QED) is 0.733. The van der Waals surface area contributed by atoms with Gasteiger partial charge >= 0.3 is 0 Å². The van der Waals surface area contributed by atoms with Crippen LogP contribution in [0.5, 0.6) is 0 Å². The van der Waals surface area contributed by atoms with Crippen LogP contribution < -0.4 is 0 Å². The van der Waals surface area contributed by atoms with Crippen molar-refractivity contribution >= 4 is 5.78 Å². The Labute approximate surface area is 100 Å². The van der Waals surface area contributed by atoms with Crippen LogP contribution in [0.15, 0.2) is 0 Å². The van der Waals surface area contributed by atoms with Crippen LogP contribution >= 0.6 is 0 Å². The van der Waals surface area contributed by atoms with Gasteiger partial charge in [-0.2, -0.15) is 0 Å². The van der Waals surface area contributed by atoms with Gasteiger partial charge in [0.1, 0.15) is 5.78 Å². The molecule has 0 aromatic carbocycles. The lowest BCUT2D eigenvalue weighted by atomic mass is 9.74. The fraction of sp³-hybridized carbons (Fsp3) is 0.929. The van der Waals surface area contributed by atoms with Crippen molar-refractivity contribution in [1.82, 2.24) is 4.90 Å². The number of ketones is 1. The van der Waals surface area contributed by atoms with Crippen molar-refractivity contribution in [2.45, 2.75) is 53.0 Å². The van der Waals surface area contributed by atoms with E-state index in [0.29, 0.717) is 23.7 Å². The minimum atomic E-state index is 0.273. The van der Waals surface area contributed by atoms with Gasteiger partial charge in [-0.1, -0.05) is 20.8 Å². The van der Waals surface area contributed by atoms with Crippen LogP contribution in [0.3, 0.4) is 0 Å². The molecule has 4 atom stereocenters. The number of Topliss-reactive ketones (excluding diaryl/α,β-unsaturated/α-hetero) is 1. The second-order valence-electron chi connectivity index (χ2n) is 5.79. The lowest BCUT2D eigenvalue weighted by Gasteiger charge is -2.35. The van der Waals surface area contributed by atoms with Crippen molar-refractivity contribution in [3.05, 3.63) is 0 Å². The van der Waals surface area contributed by atoms with Gasteiger partial charge in [-0.05, 0) is 38.6 Å². The molecular weight excluding hydrogens is 198 g/mol. The van der Waals surface area contributed by atoms with Gasteiger partial charge in [0.2, 0.25) is 0 Å². The van der Waals surface area contributed by atoms with E-state index >= 15 is 0 Å². The van der Waals surface area contributed by atoms with Gasteiger partial charge in [0, 0.05) is 24.9 Å². The lowest BCUT2D eigenvalue weighted by Crippen LogP contribution is -2.41. The van der Waals surface area contributed by atoms with E-state index in [2.05, 4.69) is 39.6 Å². The molecule has 0 spiro atoms. The molecule has 1 saturated carbocycles. The summed E-state index contributed by atoms with van der Waals surface area (Å²) in [7, 11) is 2.15. The average Bonchev–Trinajstić information content (AvgIpc) is 2.21. The minimum Gasteiger partial charge on any atom is -0.303 e. The smallest absolute Gasteiger partial charge is 0.137 e. The largest absolute Gasteiger partial charge is 0.303 e. The second kappa shape index (κ2) is 5.81. The van der Waals surface area contributed by atoms with Crippen molar-refractivity contribution in [2.75, 3.05) is 13.6 Å². The molecule has 2 nitrogen and oxygen atoms in total. The highest BCUT2D eigenvalue weighted by Gasteiger charge is 2.33. The van der Waals surface area contributed by atoms with Crippen LogP contribution in [0.2, 0.25) is 0 Å². The molecule has 0 bridgehead atoms. The van der Waals surface area contributed by atoms with Crippen LogP contribution in [0.25, 0.3) is 0 Å². The standard InChI is InChI=1S/C14H27NO/c1-6-12(4)15(5)9-13-11(3)7-10(2)8-14(13)16/h10-13H,6-9H2,1-5H3. The molecule has 0 amide bonds. The number of carbonyl (C=O) groups is 1. The normalized spacial score (nSPS) is 33.1. The summed E-state index contributed by atoms with van der Waals surface area (Å²) in [5, 5.41) is 0. The summed E-state index contributed by atoms with van der Waals surface area (Å²) < 4.78 is 0. The Hall–Kier alpha value is -0.370. The maximum atomic E-state index is 12.0. The molecule has 16 heavy (non-hydrogen) atoms. The van der Waals surface area contributed by atoms with Crippen LogP contribution in [0.1, 0.15) is 47.0 Å². The monoisotopic (exact) mass is 225 g/mol. The van der Waals surface area contributed by atoms with Gasteiger partial charge in [-0.25, -0.2) is 0 Å². The first-order valence-electron chi connectivity index (χ1n) is 6.68. The molecule has 2 heteroatoms. The van der Waals surface area contributed by atoms with E-state index in [4.69, 9.17) is 0 Å². The highest BCUT2D eigenvalue weighted by atomic mass is 16.1. The number of hydrogen-bond acceptors (Lipinski definition) is 2. The third-order valence-corrected chi connectivity index (χ3v) is 4.25. The number of hydrogen-bond donors (Lipinski definition) is 0. The van der Waals surface area contributed by atoms with Crippen molar-refractivity contribution in [2.24, 2.45) is 17.8 Å². The summed E-state index contributed by atoms with van der Waals surface area (Å²) in [5.74, 6) is 1.91. The zero-order valence-electron chi connectivity index (χ0n) is 11.5. The molecule has 94 valence electrons. The summed E-state index contributed by atoms with van der Waals surface area (Å²) in [6.45, 7) is 9.82. The topological polar surface area (TPSA) is 20.3 Å². The van der Waals surface area contributed by atoms with Crippen molar-refractivity contribution in [3.63, 3.8) is 0 Å². The Morgan fingerprint density at radius 3 is 2.56 bits per heavy atom. The fourth-order valence-electron chi connectivity index (χ4n) is 2.78. The first-order valence-corrected chi connectivity index (χ1v) is 6.68. The lowest BCUT2D eigenvalue weighted by molar-refractivity contribution is -0.128. The van der Waals surface area contributed by atoms with E-state index in [1.165, 1.54) is 6.42 Å². The predicted molar refractivity (Wildman–Crippen MR) is 68.4 cm³/mol. The molecule has 0 heterocycles. The van der Waals surface area contributed by atoms with Gasteiger partial charge in [-0.3, -0.25) is 4.79 Å². The highest BCUT2D eigenvalue weighted by Crippen LogP contribution is 2.31. The second-order valence-corrected chi connectivity index (χ2v) is 5.79. The van der Waals surface area contributed by atoms with Crippen LogP contribution in [-0.2, 0) is 4.79 Å². The van der Waals surface area contributed by atoms with Crippen LogP contribution in [-0.4, -0.2) is 30.3 Å². The van der Waals surface area contributed by atoms with Crippen LogP contribution in [0, 0.1) is 17.8 Å². The van der Waals surface area contributed by atoms with E-state index < -0.39 is 0 Å². The van der Waals surface area contributed by atoms with E-state index in [0.717, 1.165) is 19.4 Å². The van der Waals surface area contributed by atoms with E-state index in [-0.39, 0.29) is 5.92 Å². The van der Waals surface area contributed by atoms with Crippen molar-refractivity contribution in [1.29, 1.82) is 0 Å². The van der Waals surface area contributed by atoms with Crippen LogP contribution in [0.4, 0.5) is 0 Å².